The molecular weight excluding hydrogens is 372 g/mol. The second kappa shape index (κ2) is 6.62. The summed E-state index contributed by atoms with van der Waals surface area (Å²) in [5, 5.41) is 1.09. The van der Waals surface area contributed by atoms with Gasteiger partial charge in [0.05, 0.1) is 11.2 Å². The summed E-state index contributed by atoms with van der Waals surface area (Å²) in [7, 11) is 0. The van der Waals surface area contributed by atoms with Crippen molar-refractivity contribution in [1.82, 2.24) is 24.3 Å². The van der Waals surface area contributed by atoms with Crippen LogP contribution in [-0.2, 0) is 0 Å². The van der Waals surface area contributed by atoms with Gasteiger partial charge in [-0.1, -0.05) is 24.6 Å². The van der Waals surface area contributed by atoms with E-state index in [1.807, 2.05) is 24.4 Å². The van der Waals surface area contributed by atoms with Crippen LogP contribution in [0.4, 0.5) is 5.82 Å². The molecule has 1 aliphatic carbocycles. The molecule has 1 fully saturated rings. The molecule has 0 amide bonds. The molecule has 6 rings (SSSR count). The van der Waals surface area contributed by atoms with Crippen LogP contribution in [0.5, 0.6) is 0 Å². The van der Waals surface area contributed by atoms with Crippen molar-refractivity contribution >= 4 is 22.2 Å². The SMILES string of the molecule is Nc1nccn2c(C3CCC3)nc(-c3ccc4ccc(-c5ccncc5)nc4c3)c12. The van der Waals surface area contributed by atoms with Gasteiger partial charge < -0.3 is 5.73 Å². The third kappa shape index (κ3) is 2.64. The van der Waals surface area contributed by atoms with Crippen molar-refractivity contribution in [3.63, 3.8) is 0 Å². The molecule has 0 atom stereocenters. The van der Waals surface area contributed by atoms with Crippen LogP contribution in [-0.4, -0.2) is 24.3 Å². The molecule has 5 aromatic rings. The van der Waals surface area contributed by atoms with E-state index in [0.717, 1.165) is 44.8 Å². The van der Waals surface area contributed by atoms with Gasteiger partial charge in [0.1, 0.15) is 22.9 Å². The molecule has 0 radical (unpaired) electrons. The van der Waals surface area contributed by atoms with Gasteiger partial charge in [-0.25, -0.2) is 15.0 Å². The van der Waals surface area contributed by atoms with E-state index in [-0.39, 0.29) is 0 Å². The van der Waals surface area contributed by atoms with Gasteiger partial charge in [-0.05, 0) is 37.1 Å². The van der Waals surface area contributed by atoms with E-state index in [4.69, 9.17) is 15.7 Å². The summed E-state index contributed by atoms with van der Waals surface area (Å²) in [5.74, 6) is 2.08. The molecule has 0 aliphatic heterocycles. The predicted octanol–water partition coefficient (Wildman–Crippen LogP) is 4.86. The first-order valence-corrected chi connectivity index (χ1v) is 10.2. The van der Waals surface area contributed by atoms with E-state index < -0.39 is 0 Å². The molecule has 0 saturated heterocycles. The van der Waals surface area contributed by atoms with Crippen LogP contribution in [0.25, 0.3) is 38.9 Å². The second-order valence-corrected chi connectivity index (χ2v) is 7.82. The van der Waals surface area contributed by atoms with Gasteiger partial charge in [0.15, 0.2) is 0 Å². The number of rotatable bonds is 3. The van der Waals surface area contributed by atoms with Crippen LogP contribution in [0.3, 0.4) is 0 Å². The van der Waals surface area contributed by atoms with E-state index in [0.29, 0.717) is 11.7 Å². The highest BCUT2D eigenvalue weighted by Crippen LogP contribution is 2.39. The molecule has 1 aliphatic rings. The minimum atomic E-state index is 0.491. The molecular formula is C24H20N6. The van der Waals surface area contributed by atoms with Crippen LogP contribution < -0.4 is 5.73 Å². The normalized spacial score (nSPS) is 14.3. The van der Waals surface area contributed by atoms with Gasteiger partial charge in [0.25, 0.3) is 0 Å². The monoisotopic (exact) mass is 392 g/mol. The van der Waals surface area contributed by atoms with Gasteiger partial charge in [-0.3, -0.25) is 9.38 Å². The van der Waals surface area contributed by atoms with Crippen LogP contribution >= 0.6 is 0 Å². The average molecular weight is 392 g/mol. The number of fused-ring (bicyclic) bond motifs is 2. The molecule has 0 spiro atoms. The number of aromatic nitrogens is 5. The fourth-order valence-electron chi connectivity index (χ4n) is 4.19. The standard InChI is InChI=1S/C24H20N6/c25-23-22-21(29-24(17-2-1-3-17)30(22)13-12-27-23)18-5-4-15-6-7-19(28-20(15)14-18)16-8-10-26-11-9-16/h4-14,17H,1-3H2,(H2,25,27). The molecule has 4 aromatic heterocycles. The van der Waals surface area contributed by atoms with Gasteiger partial charge in [0, 0.05) is 47.2 Å². The van der Waals surface area contributed by atoms with E-state index in [9.17, 15) is 0 Å². The number of nitrogens with two attached hydrogens (primary N) is 1. The minimum absolute atomic E-state index is 0.491. The molecule has 6 nitrogen and oxygen atoms in total. The quantitative estimate of drug-likeness (QED) is 0.474. The Balaban J connectivity index is 1.53. The lowest BCUT2D eigenvalue weighted by molar-refractivity contribution is 0.400. The minimum Gasteiger partial charge on any atom is -0.382 e. The Kier molecular flexibility index (Phi) is 3.77. The van der Waals surface area contributed by atoms with Crippen molar-refractivity contribution in [2.45, 2.75) is 25.2 Å². The highest BCUT2D eigenvalue weighted by atomic mass is 15.1. The van der Waals surface area contributed by atoms with Crippen molar-refractivity contribution in [2.24, 2.45) is 0 Å². The Labute approximate surface area is 173 Å². The lowest BCUT2D eigenvalue weighted by atomic mass is 9.85. The van der Waals surface area contributed by atoms with E-state index >= 15 is 0 Å². The zero-order valence-electron chi connectivity index (χ0n) is 16.4. The zero-order valence-corrected chi connectivity index (χ0v) is 16.4. The zero-order chi connectivity index (χ0) is 20.1. The van der Waals surface area contributed by atoms with Crippen LogP contribution in [0.15, 0.2) is 67.3 Å². The second-order valence-electron chi connectivity index (χ2n) is 7.82. The summed E-state index contributed by atoms with van der Waals surface area (Å²) in [6.45, 7) is 0. The summed E-state index contributed by atoms with van der Waals surface area (Å²) in [6, 6.07) is 14.4. The van der Waals surface area contributed by atoms with E-state index in [2.05, 4.69) is 38.6 Å². The molecule has 1 aromatic carbocycles. The van der Waals surface area contributed by atoms with Gasteiger partial charge in [-0.2, -0.15) is 0 Å². The Morgan fingerprint density at radius 1 is 0.900 bits per heavy atom. The number of hydrogen-bond acceptors (Lipinski definition) is 5. The summed E-state index contributed by atoms with van der Waals surface area (Å²) in [5.41, 5.74) is 11.9. The fourth-order valence-corrected chi connectivity index (χ4v) is 4.19. The number of benzene rings is 1. The maximum absolute atomic E-state index is 6.29. The molecule has 6 heteroatoms. The number of nitrogen functional groups attached to an aromatic ring is 1. The first-order chi connectivity index (χ1) is 14.8. The highest BCUT2D eigenvalue weighted by molar-refractivity contribution is 5.91. The molecule has 1 saturated carbocycles. The number of pyridine rings is 2. The van der Waals surface area contributed by atoms with Crippen molar-refractivity contribution in [2.75, 3.05) is 5.73 Å². The third-order valence-electron chi connectivity index (χ3n) is 6.02. The Bertz CT molecular complexity index is 1390. The van der Waals surface area contributed by atoms with Crippen LogP contribution in [0, 0.1) is 0 Å². The first-order valence-electron chi connectivity index (χ1n) is 10.2. The van der Waals surface area contributed by atoms with E-state index in [1.165, 1.54) is 19.3 Å². The molecule has 146 valence electrons. The first kappa shape index (κ1) is 17.1. The Morgan fingerprint density at radius 3 is 2.53 bits per heavy atom. The van der Waals surface area contributed by atoms with E-state index in [1.54, 1.807) is 18.6 Å². The summed E-state index contributed by atoms with van der Waals surface area (Å²) in [4.78, 5) is 18.3. The predicted molar refractivity (Wildman–Crippen MR) is 118 cm³/mol. The number of hydrogen-bond donors (Lipinski definition) is 1. The topological polar surface area (TPSA) is 82.0 Å². The summed E-state index contributed by atoms with van der Waals surface area (Å²) < 4.78 is 2.12. The van der Waals surface area contributed by atoms with Gasteiger partial charge in [-0.15, -0.1) is 0 Å². The van der Waals surface area contributed by atoms with Gasteiger partial charge in [0.2, 0.25) is 0 Å². The van der Waals surface area contributed by atoms with Crippen molar-refractivity contribution < 1.29 is 0 Å². The molecule has 2 N–H and O–H groups in total. The third-order valence-corrected chi connectivity index (χ3v) is 6.02. The molecule has 0 unspecified atom stereocenters. The average Bonchev–Trinajstić information content (AvgIpc) is 3.13. The van der Waals surface area contributed by atoms with Crippen molar-refractivity contribution in [3.8, 4) is 22.5 Å². The summed E-state index contributed by atoms with van der Waals surface area (Å²) in [6.07, 6.45) is 10.9. The number of imidazole rings is 1. The van der Waals surface area contributed by atoms with Crippen LogP contribution in [0.2, 0.25) is 0 Å². The highest BCUT2D eigenvalue weighted by Gasteiger charge is 2.26. The molecule has 30 heavy (non-hydrogen) atoms. The fraction of sp³-hybridized carbons (Fsp3) is 0.167. The number of nitrogens with zero attached hydrogens (tertiary/aromatic N) is 5. The maximum Gasteiger partial charge on any atom is 0.150 e. The lowest BCUT2D eigenvalue weighted by Crippen LogP contribution is -2.12. The van der Waals surface area contributed by atoms with Crippen LogP contribution in [0.1, 0.15) is 31.0 Å². The smallest absolute Gasteiger partial charge is 0.150 e. The van der Waals surface area contributed by atoms with Crippen molar-refractivity contribution in [3.05, 3.63) is 73.1 Å². The maximum atomic E-state index is 6.29. The largest absolute Gasteiger partial charge is 0.382 e. The number of anilines is 1. The molecule has 0 bridgehead atoms. The molecule has 4 heterocycles. The van der Waals surface area contributed by atoms with Crippen molar-refractivity contribution in [1.29, 1.82) is 0 Å². The van der Waals surface area contributed by atoms with Gasteiger partial charge >= 0.3 is 0 Å². The Hall–Kier alpha value is -3.80. The Morgan fingerprint density at radius 2 is 1.73 bits per heavy atom. The summed E-state index contributed by atoms with van der Waals surface area (Å²) >= 11 is 0. The lowest BCUT2D eigenvalue weighted by Gasteiger charge is -2.23.